The third-order valence-electron chi connectivity index (χ3n) is 2.71. The zero-order valence-corrected chi connectivity index (χ0v) is 12.0. The lowest BCUT2D eigenvalue weighted by molar-refractivity contribution is 0.189. The lowest BCUT2D eigenvalue weighted by atomic mass is 10.1. The van der Waals surface area contributed by atoms with Crippen molar-refractivity contribution < 1.29 is 14.2 Å². The highest BCUT2D eigenvalue weighted by Crippen LogP contribution is 2.27. The van der Waals surface area contributed by atoms with Crippen molar-refractivity contribution in [2.75, 3.05) is 0 Å². The summed E-state index contributed by atoms with van der Waals surface area (Å²) in [7, 11) is 0. The van der Waals surface area contributed by atoms with Gasteiger partial charge in [0.1, 0.15) is 18.2 Å². The number of aliphatic hydroxyl groups excluding tert-OH is 1. The topological polar surface area (TPSA) is 29.5 Å². The molecule has 0 aliphatic heterocycles. The van der Waals surface area contributed by atoms with Crippen LogP contribution in [0.2, 0.25) is 0 Å². The molecule has 0 saturated carbocycles. The zero-order chi connectivity index (χ0) is 13.8. The maximum Gasteiger partial charge on any atom is 0.125 e. The molecule has 0 fully saturated rings. The molecule has 2 aromatic carbocycles. The van der Waals surface area contributed by atoms with E-state index in [2.05, 4.69) is 15.9 Å². The molecular formula is C15H14BrFO2. The maximum absolute atomic E-state index is 13.2. The zero-order valence-electron chi connectivity index (χ0n) is 10.4. The number of halogens is 2. The Bertz CT molecular complexity index is 570. The Hall–Kier alpha value is -1.39. The van der Waals surface area contributed by atoms with E-state index in [0.717, 1.165) is 10.0 Å². The summed E-state index contributed by atoms with van der Waals surface area (Å²) in [5.74, 6) is 0.113. The second-order valence-electron chi connectivity index (χ2n) is 4.28. The first-order chi connectivity index (χ1) is 9.06. The van der Waals surface area contributed by atoms with Gasteiger partial charge in [-0.05, 0) is 42.8 Å². The Morgan fingerprint density at radius 1 is 1.26 bits per heavy atom. The Balaban J connectivity index is 2.15. The molecule has 0 amide bonds. The average Bonchev–Trinajstić information content (AvgIpc) is 2.37. The largest absolute Gasteiger partial charge is 0.489 e. The molecule has 0 radical (unpaired) electrons. The van der Waals surface area contributed by atoms with E-state index in [9.17, 15) is 9.50 Å². The molecule has 0 aromatic heterocycles. The fourth-order valence-electron chi connectivity index (χ4n) is 1.77. The van der Waals surface area contributed by atoms with E-state index < -0.39 is 6.10 Å². The lowest BCUT2D eigenvalue weighted by Crippen LogP contribution is -2.01. The number of hydrogen-bond acceptors (Lipinski definition) is 2. The standard InChI is InChI=1S/C15H14BrFO2/c1-10(18)14-8-13(17)5-6-15(14)19-9-11-3-2-4-12(16)7-11/h2-8,10,18H,9H2,1H3/t10-/m0/s1. The molecule has 1 atom stereocenters. The van der Waals surface area contributed by atoms with Crippen molar-refractivity contribution in [1.82, 2.24) is 0 Å². The Morgan fingerprint density at radius 3 is 2.74 bits per heavy atom. The first-order valence-corrected chi connectivity index (χ1v) is 6.70. The summed E-state index contributed by atoms with van der Waals surface area (Å²) in [5.41, 5.74) is 1.45. The van der Waals surface area contributed by atoms with Gasteiger partial charge < -0.3 is 9.84 Å². The van der Waals surface area contributed by atoms with Gasteiger partial charge in [-0.2, -0.15) is 0 Å². The van der Waals surface area contributed by atoms with Crippen LogP contribution in [0, 0.1) is 5.82 Å². The van der Waals surface area contributed by atoms with E-state index in [1.807, 2.05) is 24.3 Å². The van der Waals surface area contributed by atoms with Crippen LogP contribution >= 0.6 is 15.9 Å². The fraction of sp³-hybridized carbons (Fsp3) is 0.200. The predicted molar refractivity (Wildman–Crippen MR) is 75.5 cm³/mol. The van der Waals surface area contributed by atoms with Gasteiger partial charge in [-0.1, -0.05) is 28.1 Å². The molecule has 1 N–H and O–H groups in total. The van der Waals surface area contributed by atoms with E-state index in [0.29, 0.717) is 17.9 Å². The molecule has 0 spiro atoms. The Morgan fingerprint density at radius 2 is 2.05 bits per heavy atom. The molecule has 0 saturated heterocycles. The molecule has 2 rings (SSSR count). The van der Waals surface area contributed by atoms with Crippen LogP contribution in [0.4, 0.5) is 4.39 Å². The highest BCUT2D eigenvalue weighted by Gasteiger charge is 2.10. The maximum atomic E-state index is 13.2. The van der Waals surface area contributed by atoms with Gasteiger partial charge in [-0.25, -0.2) is 4.39 Å². The van der Waals surface area contributed by atoms with Gasteiger partial charge in [-0.15, -0.1) is 0 Å². The number of benzene rings is 2. The normalized spacial score (nSPS) is 12.2. The van der Waals surface area contributed by atoms with Crippen LogP contribution in [0.5, 0.6) is 5.75 Å². The van der Waals surface area contributed by atoms with Gasteiger partial charge in [0, 0.05) is 10.0 Å². The van der Waals surface area contributed by atoms with Gasteiger partial charge in [0.2, 0.25) is 0 Å². The summed E-state index contributed by atoms with van der Waals surface area (Å²) in [5, 5.41) is 9.62. The molecule has 0 unspecified atom stereocenters. The van der Waals surface area contributed by atoms with Gasteiger partial charge in [-0.3, -0.25) is 0 Å². The molecular weight excluding hydrogens is 311 g/mol. The van der Waals surface area contributed by atoms with Crippen LogP contribution < -0.4 is 4.74 Å². The van der Waals surface area contributed by atoms with Crippen molar-refractivity contribution in [3.63, 3.8) is 0 Å². The minimum Gasteiger partial charge on any atom is -0.489 e. The lowest BCUT2D eigenvalue weighted by Gasteiger charge is -2.13. The van der Waals surface area contributed by atoms with Crippen molar-refractivity contribution in [2.24, 2.45) is 0 Å². The number of ether oxygens (including phenoxy) is 1. The number of hydrogen-bond donors (Lipinski definition) is 1. The van der Waals surface area contributed by atoms with Gasteiger partial charge in [0.25, 0.3) is 0 Å². The van der Waals surface area contributed by atoms with E-state index >= 15 is 0 Å². The predicted octanol–water partition coefficient (Wildman–Crippen LogP) is 4.22. The van der Waals surface area contributed by atoms with E-state index in [1.165, 1.54) is 18.2 Å². The summed E-state index contributed by atoms with van der Waals surface area (Å²) in [6.45, 7) is 1.95. The smallest absolute Gasteiger partial charge is 0.125 e. The van der Waals surface area contributed by atoms with E-state index in [4.69, 9.17) is 4.74 Å². The van der Waals surface area contributed by atoms with Crippen molar-refractivity contribution in [1.29, 1.82) is 0 Å². The molecule has 2 nitrogen and oxygen atoms in total. The van der Waals surface area contributed by atoms with Crippen molar-refractivity contribution in [2.45, 2.75) is 19.6 Å². The monoisotopic (exact) mass is 324 g/mol. The summed E-state index contributed by atoms with van der Waals surface area (Å²) < 4.78 is 19.8. The molecule has 0 aliphatic rings. The average molecular weight is 325 g/mol. The van der Waals surface area contributed by atoms with Crippen LogP contribution in [-0.2, 0) is 6.61 Å². The van der Waals surface area contributed by atoms with Crippen molar-refractivity contribution in [3.8, 4) is 5.75 Å². The van der Waals surface area contributed by atoms with Crippen LogP contribution in [0.1, 0.15) is 24.2 Å². The SMILES string of the molecule is C[C@H](O)c1cc(F)ccc1OCc1cccc(Br)c1. The summed E-state index contributed by atoms with van der Waals surface area (Å²) in [6, 6.07) is 11.9. The molecule has 19 heavy (non-hydrogen) atoms. The van der Waals surface area contributed by atoms with Gasteiger partial charge in [0.05, 0.1) is 6.10 Å². The second-order valence-corrected chi connectivity index (χ2v) is 5.19. The second kappa shape index (κ2) is 6.17. The molecule has 100 valence electrons. The van der Waals surface area contributed by atoms with E-state index in [1.54, 1.807) is 6.92 Å². The number of rotatable bonds is 4. The Labute approximate surface area is 120 Å². The molecule has 2 aromatic rings. The molecule has 0 aliphatic carbocycles. The highest BCUT2D eigenvalue weighted by atomic mass is 79.9. The van der Waals surface area contributed by atoms with Crippen LogP contribution in [-0.4, -0.2) is 5.11 Å². The fourth-order valence-corrected chi connectivity index (χ4v) is 2.21. The summed E-state index contributed by atoms with van der Waals surface area (Å²) in [6.07, 6.45) is -0.770. The highest BCUT2D eigenvalue weighted by molar-refractivity contribution is 9.10. The summed E-state index contributed by atoms with van der Waals surface area (Å²) in [4.78, 5) is 0. The van der Waals surface area contributed by atoms with Crippen LogP contribution in [0.25, 0.3) is 0 Å². The molecule has 0 heterocycles. The van der Waals surface area contributed by atoms with Gasteiger partial charge >= 0.3 is 0 Å². The third-order valence-corrected chi connectivity index (χ3v) is 3.20. The van der Waals surface area contributed by atoms with Gasteiger partial charge in [0.15, 0.2) is 0 Å². The Kier molecular flexibility index (Phi) is 4.56. The van der Waals surface area contributed by atoms with E-state index in [-0.39, 0.29) is 5.82 Å². The quantitative estimate of drug-likeness (QED) is 0.912. The van der Waals surface area contributed by atoms with Crippen LogP contribution in [0.3, 0.4) is 0 Å². The minimum atomic E-state index is -0.770. The van der Waals surface area contributed by atoms with Crippen molar-refractivity contribution >= 4 is 15.9 Å². The summed E-state index contributed by atoms with van der Waals surface area (Å²) >= 11 is 3.39. The first kappa shape index (κ1) is 14.0. The first-order valence-electron chi connectivity index (χ1n) is 5.91. The molecule has 0 bridgehead atoms. The van der Waals surface area contributed by atoms with Crippen molar-refractivity contribution in [3.05, 3.63) is 63.9 Å². The minimum absolute atomic E-state index is 0.366. The third kappa shape index (κ3) is 3.78. The van der Waals surface area contributed by atoms with Crippen LogP contribution in [0.15, 0.2) is 46.9 Å². The molecule has 4 heteroatoms. The number of aliphatic hydroxyl groups is 1.